The van der Waals surface area contributed by atoms with Gasteiger partial charge >= 0.3 is 0 Å². The molecule has 1 saturated heterocycles. The lowest BCUT2D eigenvalue weighted by Crippen LogP contribution is -2.46. The van der Waals surface area contributed by atoms with Crippen molar-refractivity contribution in [2.75, 3.05) is 5.75 Å². The summed E-state index contributed by atoms with van der Waals surface area (Å²) in [6, 6.07) is 2.35. The van der Waals surface area contributed by atoms with Gasteiger partial charge in [0, 0.05) is 17.9 Å². The number of aromatic nitrogens is 1. The van der Waals surface area contributed by atoms with E-state index in [9.17, 15) is 0 Å². The molecule has 0 spiro atoms. The quantitative estimate of drug-likeness (QED) is 0.880. The van der Waals surface area contributed by atoms with Crippen molar-refractivity contribution in [2.45, 2.75) is 39.8 Å². The van der Waals surface area contributed by atoms with Crippen LogP contribution in [0.2, 0.25) is 0 Å². The van der Waals surface area contributed by atoms with E-state index in [1.807, 2.05) is 6.07 Å². The second-order valence-electron chi connectivity index (χ2n) is 5.31. The fourth-order valence-electron chi connectivity index (χ4n) is 1.75. The van der Waals surface area contributed by atoms with Gasteiger partial charge in [0.05, 0.1) is 6.54 Å². The molecule has 0 bridgehead atoms. The molecule has 5 heteroatoms. The molecule has 1 fully saturated rings. The maximum Gasteiger partial charge on any atom is 0.157 e. The van der Waals surface area contributed by atoms with E-state index in [0.717, 1.165) is 16.6 Å². The summed E-state index contributed by atoms with van der Waals surface area (Å²) in [5.74, 6) is 1.13. The van der Waals surface area contributed by atoms with Gasteiger partial charge in [-0.2, -0.15) is 0 Å². The summed E-state index contributed by atoms with van der Waals surface area (Å²) in [5, 5.41) is 8.39. The van der Waals surface area contributed by atoms with Gasteiger partial charge in [0.15, 0.2) is 5.17 Å². The van der Waals surface area contributed by atoms with Gasteiger partial charge in [0.1, 0.15) is 12.0 Å². The summed E-state index contributed by atoms with van der Waals surface area (Å²) >= 11 is 1.79. The summed E-state index contributed by atoms with van der Waals surface area (Å²) in [6.07, 6.45) is 2.77. The van der Waals surface area contributed by atoms with Crippen molar-refractivity contribution in [1.29, 1.82) is 0 Å². The summed E-state index contributed by atoms with van der Waals surface area (Å²) in [5.41, 5.74) is 1.15. The zero-order chi connectivity index (χ0) is 12.3. The molecule has 1 N–H and O–H groups in total. The molecule has 1 atom stereocenters. The van der Waals surface area contributed by atoms with E-state index in [-0.39, 0.29) is 5.41 Å². The van der Waals surface area contributed by atoms with Gasteiger partial charge in [0.2, 0.25) is 0 Å². The monoisotopic (exact) mass is 253 g/mol. The lowest BCUT2D eigenvalue weighted by atomic mass is 9.85. The standard InChI is InChI=1S/C12H19N3OS/c1-12(2,3)10-5-7-17-11(14-10)13-8-9-4-6-16-15-9/h4,6,10H,5,7-8H2,1-3H3,(H,13,14). The third kappa shape index (κ3) is 3.49. The lowest BCUT2D eigenvalue weighted by molar-refractivity contribution is 0.290. The van der Waals surface area contributed by atoms with Crippen LogP contribution in [0.25, 0.3) is 0 Å². The van der Waals surface area contributed by atoms with Gasteiger partial charge in [-0.25, -0.2) is 0 Å². The molecule has 1 aromatic heterocycles. The summed E-state index contributed by atoms with van der Waals surface area (Å²) in [7, 11) is 0. The van der Waals surface area contributed by atoms with E-state index in [1.165, 1.54) is 6.42 Å². The Kier molecular flexibility index (Phi) is 3.76. The Morgan fingerprint density at radius 3 is 3.06 bits per heavy atom. The Balaban J connectivity index is 1.95. The maximum atomic E-state index is 4.78. The Labute approximate surface area is 106 Å². The molecule has 0 aliphatic carbocycles. The minimum Gasteiger partial charge on any atom is -0.364 e. The first-order valence-corrected chi connectivity index (χ1v) is 6.87. The molecule has 1 aromatic rings. The number of thioether (sulfide) groups is 1. The molecule has 2 rings (SSSR count). The average molecular weight is 253 g/mol. The lowest BCUT2D eigenvalue weighted by Gasteiger charge is -2.35. The van der Waals surface area contributed by atoms with Gasteiger partial charge in [-0.15, -0.1) is 0 Å². The van der Waals surface area contributed by atoms with E-state index in [2.05, 4.69) is 36.2 Å². The number of nitrogens with one attached hydrogen (secondary N) is 1. The summed E-state index contributed by atoms with van der Waals surface area (Å²) < 4.78 is 4.78. The predicted octanol–water partition coefficient (Wildman–Crippen LogP) is 2.67. The van der Waals surface area contributed by atoms with Crippen LogP contribution in [0, 0.1) is 5.41 Å². The predicted molar refractivity (Wildman–Crippen MR) is 71.1 cm³/mol. The van der Waals surface area contributed by atoms with E-state index in [4.69, 9.17) is 4.52 Å². The van der Waals surface area contributed by atoms with Crippen LogP contribution in [0.3, 0.4) is 0 Å². The second kappa shape index (κ2) is 5.12. The van der Waals surface area contributed by atoms with Crippen LogP contribution in [0.5, 0.6) is 0 Å². The zero-order valence-electron chi connectivity index (χ0n) is 10.6. The molecule has 94 valence electrons. The molecule has 0 saturated carbocycles. The van der Waals surface area contributed by atoms with Crippen molar-refractivity contribution in [3.05, 3.63) is 18.0 Å². The van der Waals surface area contributed by atoms with Gasteiger partial charge in [-0.05, 0) is 11.8 Å². The van der Waals surface area contributed by atoms with Gasteiger partial charge in [-0.3, -0.25) is 4.99 Å². The molecule has 0 amide bonds. The summed E-state index contributed by atoms with van der Waals surface area (Å²) in [4.78, 5) is 4.54. The maximum absolute atomic E-state index is 4.78. The van der Waals surface area contributed by atoms with Crippen molar-refractivity contribution in [3.8, 4) is 0 Å². The van der Waals surface area contributed by atoms with Crippen molar-refractivity contribution < 1.29 is 4.52 Å². The first kappa shape index (κ1) is 12.5. The average Bonchev–Trinajstić information content (AvgIpc) is 2.78. The SMILES string of the molecule is CC(C)(C)C1CCSC(=NCc2ccon2)N1. The number of aliphatic imine (C=N–C) groups is 1. The molecule has 2 heterocycles. The third-order valence-electron chi connectivity index (χ3n) is 2.86. The highest BCUT2D eigenvalue weighted by molar-refractivity contribution is 8.13. The Morgan fingerprint density at radius 1 is 1.59 bits per heavy atom. The van der Waals surface area contributed by atoms with Gasteiger partial charge in [0.25, 0.3) is 0 Å². The molecule has 1 unspecified atom stereocenters. The smallest absolute Gasteiger partial charge is 0.157 e. The molecule has 17 heavy (non-hydrogen) atoms. The van der Waals surface area contributed by atoms with Crippen LogP contribution in [0.4, 0.5) is 0 Å². The van der Waals surface area contributed by atoms with Crippen LogP contribution in [-0.4, -0.2) is 22.1 Å². The molecular weight excluding hydrogens is 234 g/mol. The van der Waals surface area contributed by atoms with Gasteiger partial charge < -0.3 is 9.84 Å². The van der Waals surface area contributed by atoms with Crippen molar-refractivity contribution in [3.63, 3.8) is 0 Å². The van der Waals surface area contributed by atoms with Crippen LogP contribution >= 0.6 is 11.8 Å². The van der Waals surface area contributed by atoms with Crippen LogP contribution in [0.1, 0.15) is 32.9 Å². The van der Waals surface area contributed by atoms with Crippen LogP contribution in [-0.2, 0) is 6.54 Å². The van der Waals surface area contributed by atoms with E-state index in [0.29, 0.717) is 12.6 Å². The van der Waals surface area contributed by atoms with E-state index >= 15 is 0 Å². The fraction of sp³-hybridized carbons (Fsp3) is 0.667. The van der Waals surface area contributed by atoms with Crippen molar-refractivity contribution in [2.24, 2.45) is 10.4 Å². The van der Waals surface area contributed by atoms with Crippen molar-refractivity contribution >= 4 is 16.9 Å². The molecule has 4 nitrogen and oxygen atoms in total. The Morgan fingerprint density at radius 2 is 2.41 bits per heavy atom. The molecular formula is C12H19N3OS. The Bertz CT molecular complexity index is 381. The minimum absolute atomic E-state index is 0.273. The van der Waals surface area contributed by atoms with E-state index in [1.54, 1.807) is 18.0 Å². The third-order valence-corrected chi connectivity index (χ3v) is 3.82. The molecule has 1 aliphatic heterocycles. The normalized spacial score (nSPS) is 23.7. The Hall–Kier alpha value is -0.970. The van der Waals surface area contributed by atoms with Crippen LogP contribution < -0.4 is 5.32 Å². The van der Waals surface area contributed by atoms with Gasteiger partial charge in [-0.1, -0.05) is 37.7 Å². The molecule has 0 aromatic carbocycles. The highest BCUT2D eigenvalue weighted by atomic mass is 32.2. The first-order chi connectivity index (χ1) is 8.05. The molecule has 1 aliphatic rings. The minimum atomic E-state index is 0.273. The first-order valence-electron chi connectivity index (χ1n) is 5.89. The number of amidine groups is 1. The number of nitrogens with zero attached hydrogens (tertiary/aromatic N) is 2. The highest BCUT2D eigenvalue weighted by Gasteiger charge is 2.28. The summed E-state index contributed by atoms with van der Waals surface area (Å²) in [6.45, 7) is 7.37. The second-order valence-corrected chi connectivity index (χ2v) is 6.40. The topological polar surface area (TPSA) is 50.4 Å². The van der Waals surface area contributed by atoms with E-state index < -0.39 is 0 Å². The van der Waals surface area contributed by atoms with Crippen LogP contribution in [0.15, 0.2) is 21.8 Å². The molecule has 0 radical (unpaired) electrons. The number of hydrogen-bond donors (Lipinski definition) is 1. The number of rotatable bonds is 2. The fourth-order valence-corrected chi connectivity index (χ4v) is 2.68. The number of hydrogen-bond acceptors (Lipinski definition) is 4. The largest absolute Gasteiger partial charge is 0.364 e. The highest BCUT2D eigenvalue weighted by Crippen LogP contribution is 2.27. The van der Waals surface area contributed by atoms with Crippen molar-refractivity contribution in [1.82, 2.24) is 10.5 Å². The zero-order valence-corrected chi connectivity index (χ0v) is 11.4.